The van der Waals surface area contributed by atoms with Crippen LogP contribution in [0.5, 0.6) is 5.75 Å². The summed E-state index contributed by atoms with van der Waals surface area (Å²) in [6, 6.07) is 3.82. The number of nitrogens with zero attached hydrogens (tertiary/aromatic N) is 1. The van der Waals surface area contributed by atoms with Gasteiger partial charge in [0.2, 0.25) is 0 Å². The fraction of sp³-hybridized carbons (Fsp3) is 0.429. The number of aromatic carboxylic acids is 1. The SMILES string of the molecule is COc1ccc(C(=O)O)cc1NC(=O)NC(C)CN(C)C. The molecule has 1 rings (SSSR count). The van der Waals surface area contributed by atoms with Crippen LogP contribution in [0, 0.1) is 0 Å². The van der Waals surface area contributed by atoms with Gasteiger partial charge in [-0.3, -0.25) is 0 Å². The summed E-state index contributed by atoms with van der Waals surface area (Å²) < 4.78 is 5.11. The highest BCUT2D eigenvalue weighted by Crippen LogP contribution is 2.25. The van der Waals surface area contributed by atoms with Gasteiger partial charge in [-0.15, -0.1) is 0 Å². The van der Waals surface area contributed by atoms with Crippen molar-refractivity contribution in [1.29, 1.82) is 0 Å². The second kappa shape index (κ2) is 7.49. The Morgan fingerprint density at radius 2 is 2.05 bits per heavy atom. The Balaban J connectivity index is 2.78. The van der Waals surface area contributed by atoms with E-state index < -0.39 is 12.0 Å². The minimum atomic E-state index is -1.07. The minimum Gasteiger partial charge on any atom is -0.495 e. The Morgan fingerprint density at radius 3 is 2.57 bits per heavy atom. The number of likely N-dealkylation sites (N-methyl/N-ethyl adjacent to an activating group) is 1. The zero-order valence-electron chi connectivity index (χ0n) is 12.6. The van der Waals surface area contributed by atoms with Crippen LogP contribution in [0.1, 0.15) is 17.3 Å². The molecule has 1 aromatic rings. The molecule has 2 amide bonds. The number of amides is 2. The predicted molar refractivity (Wildman–Crippen MR) is 80.1 cm³/mol. The third-order valence-electron chi connectivity index (χ3n) is 2.71. The summed E-state index contributed by atoms with van der Waals surface area (Å²) in [5.74, 6) is -0.669. The molecule has 1 atom stereocenters. The molecule has 0 radical (unpaired) electrons. The first-order valence-electron chi connectivity index (χ1n) is 6.47. The molecule has 0 saturated carbocycles. The van der Waals surface area contributed by atoms with Crippen LogP contribution in [0.3, 0.4) is 0 Å². The van der Waals surface area contributed by atoms with Crippen LogP contribution in [0.4, 0.5) is 10.5 Å². The highest BCUT2D eigenvalue weighted by Gasteiger charge is 2.13. The number of carboxylic acids is 1. The highest BCUT2D eigenvalue weighted by atomic mass is 16.5. The molecular weight excluding hydrogens is 274 g/mol. The first kappa shape index (κ1) is 16.8. The molecule has 3 N–H and O–H groups in total. The monoisotopic (exact) mass is 295 g/mol. The van der Waals surface area contributed by atoms with Crippen LogP contribution < -0.4 is 15.4 Å². The molecule has 1 unspecified atom stereocenters. The molecule has 0 fully saturated rings. The van der Waals surface area contributed by atoms with Gasteiger partial charge in [-0.25, -0.2) is 9.59 Å². The number of urea groups is 1. The van der Waals surface area contributed by atoms with Gasteiger partial charge < -0.3 is 25.4 Å². The first-order chi connectivity index (χ1) is 9.83. The van der Waals surface area contributed by atoms with Gasteiger partial charge in [0.1, 0.15) is 5.75 Å². The Bertz CT molecular complexity index is 517. The maximum atomic E-state index is 11.9. The van der Waals surface area contributed by atoms with E-state index in [1.54, 1.807) is 0 Å². The van der Waals surface area contributed by atoms with Crippen LogP contribution in [-0.2, 0) is 0 Å². The topological polar surface area (TPSA) is 90.9 Å². The van der Waals surface area contributed by atoms with E-state index in [1.807, 2.05) is 25.9 Å². The van der Waals surface area contributed by atoms with Crippen LogP contribution in [0.2, 0.25) is 0 Å². The largest absolute Gasteiger partial charge is 0.495 e. The van der Waals surface area contributed by atoms with Gasteiger partial charge in [-0.05, 0) is 39.2 Å². The summed E-state index contributed by atoms with van der Waals surface area (Å²) in [6.45, 7) is 2.57. The van der Waals surface area contributed by atoms with Crippen molar-refractivity contribution in [3.05, 3.63) is 23.8 Å². The van der Waals surface area contributed by atoms with Crippen molar-refractivity contribution in [3.8, 4) is 5.75 Å². The quantitative estimate of drug-likeness (QED) is 0.739. The second-order valence-electron chi connectivity index (χ2n) is 4.98. The van der Waals surface area contributed by atoms with Crippen molar-refractivity contribution >= 4 is 17.7 Å². The zero-order valence-corrected chi connectivity index (χ0v) is 12.6. The van der Waals surface area contributed by atoms with E-state index in [0.29, 0.717) is 18.0 Å². The molecule has 0 aliphatic carbocycles. The standard InChI is InChI=1S/C14H21N3O4/c1-9(8-17(2)3)15-14(20)16-11-7-10(13(18)19)5-6-12(11)21-4/h5-7,9H,8H2,1-4H3,(H,18,19)(H2,15,16,20). The van der Waals surface area contributed by atoms with Gasteiger partial charge in [-0.2, -0.15) is 0 Å². The van der Waals surface area contributed by atoms with Gasteiger partial charge in [0, 0.05) is 12.6 Å². The van der Waals surface area contributed by atoms with Crippen molar-refractivity contribution in [2.24, 2.45) is 0 Å². The van der Waals surface area contributed by atoms with Gasteiger partial charge >= 0.3 is 12.0 Å². The normalized spacial score (nSPS) is 11.9. The Hall–Kier alpha value is -2.28. The fourth-order valence-corrected chi connectivity index (χ4v) is 1.91. The molecule has 7 heteroatoms. The van der Waals surface area contributed by atoms with E-state index in [-0.39, 0.29) is 11.6 Å². The average Bonchev–Trinajstić information content (AvgIpc) is 2.37. The molecule has 0 aromatic heterocycles. The summed E-state index contributed by atoms with van der Waals surface area (Å²) in [5.41, 5.74) is 0.388. The minimum absolute atomic E-state index is 0.0475. The lowest BCUT2D eigenvalue weighted by molar-refractivity contribution is 0.0697. The summed E-state index contributed by atoms with van der Waals surface area (Å²) in [6.07, 6.45) is 0. The predicted octanol–water partition coefficient (Wildman–Crippen LogP) is 1.47. The average molecular weight is 295 g/mol. The van der Waals surface area contributed by atoms with Crippen molar-refractivity contribution in [1.82, 2.24) is 10.2 Å². The second-order valence-corrected chi connectivity index (χ2v) is 4.98. The molecule has 0 spiro atoms. The summed E-state index contributed by atoms with van der Waals surface area (Å²) in [4.78, 5) is 24.8. The summed E-state index contributed by atoms with van der Waals surface area (Å²) >= 11 is 0. The third-order valence-corrected chi connectivity index (χ3v) is 2.71. The van der Waals surface area contributed by atoms with E-state index in [0.717, 1.165) is 0 Å². The van der Waals surface area contributed by atoms with Gasteiger partial charge in [0.25, 0.3) is 0 Å². The number of anilines is 1. The number of ether oxygens (including phenoxy) is 1. The Labute approximate surface area is 123 Å². The molecule has 21 heavy (non-hydrogen) atoms. The molecule has 0 aliphatic rings. The van der Waals surface area contributed by atoms with Crippen molar-refractivity contribution < 1.29 is 19.4 Å². The number of nitrogens with one attached hydrogen (secondary N) is 2. The molecule has 7 nitrogen and oxygen atoms in total. The van der Waals surface area contributed by atoms with Crippen molar-refractivity contribution in [2.75, 3.05) is 33.1 Å². The number of hydrogen-bond donors (Lipinski definition) is 3. The van der Waals surface area contributed by atoms with Crippen LogP contribution >= 0.6 is 0 Å². The van der Waals surface area contributed by atoms with Gasteiger partial charge in [-0.1, -0.05) is 0 Å². The lowest BCUT2D eigenvalue weighted by Crippen LogP contribution is -2.41. The highest BCUT2D eigenvalue weighted by molar-refractivity contribution is 5.94. The number of carbonyl (C=O) groups is 2. The molecule has 0 heterocycles. The Kier molecular flexibility index (Phi) is 5.98. The lowest BCUT2D eigenvalue weighted by Gasteiger charge is -2.19. The molecule has 1 aromatic carbocycles. The smallest absolute Gasteiger partial charge is 0.335 e. The molecule has 116 valence electrons. The van der Waals surface area contributed by atoms with Crippen LogP contribution in [0.25, 0.3) is 0 Å². The van der Waals surface area contributed by atoms with E-state index in [2.05, 4.69) is 10.6 Å². The lowest BCUT2D eigenvalue weighted by atomic mass is 10.2. The molecule has 0 bridgehead atoms. The summed E-state index contributed by atoms with van der Waals surface area (Å²) in [7, 11) is 5.28. The number of carbonyl (C=O) groups excluding carboxylic acids is 1. The van der Waals surface area contributed by atoms with Crippen LogP contribution in [-0.4, -0.2) is 55.8 Å². The molecule has 0 saturated heterocycles. The molecular formula is C14H21N3O4. The van der Waals surface area contributed by atoms with E-state index in [1.165, 1.54) is 25.3 Å². The van der Waals surface area contributed by atoms with Gasteiger partial charge in [0.15, 0.2) is 0 Å². The Morgan fingerprint density at radius 1 is 1.38 bits per heavy atom. The van der Waals surface area contributed by atoms with E-state index in [4.69, 9.17) is 9.84 Å². The zero-order chi connectivity index (χ0) is 16.0. The fourth-order valence-electron chi connectivity index (χ4n) is 1.91. The maximum Gasteiger partial charge on any atom is 0.335 e. The van der Waals surface area contributed by atoms with Crippen molar-refractivity contribution in [2.45, 2.75) is 13.0 Å². The number of hydrogen-bond acceptors (Lipinski definition) is 4. The number of carboxylic acid groups (broad SMARTS) is 1. The van der Waals surface area contributed by atoms with Gasteiger partial charge in [0.05, 0.1) is 18.4 Å². The summed E-state index contributed by atoms with van der Waals surface area (Å²) in [5, 5.41) is 14.3. The number of methoxy groups -OCH3 is 1. The van der Waals surface area contributed by atoms with E-state index >= 15 is 0 Å². The maximum absolute atomic E-state index is 11.9. The third kappa shape index (κ3) is 5.31. The number of rotatable bonds is 6. The molecule has 0 aliphatic heterocycles. The first-order valence-corrected chi connectivity index (χ1v) is 6.47. The number of benzene rings is 1. The van der Waals surface area contributed by atoms with Crippen LogP contribution in [0.15, 0.2) is 18.2 Å². The van der Waals surface area contributed by atoms with Crippen molar-refractivity contribution in [3.63, 3.8) is 0 Å². The van der Waals surface area contributed by atoms with E-state index in [9.17, 15) is 9.59 Å².